The van der Waals surface area contributed by atoms with Crippen LogP contribution in [0.2, 0.25) is 0 Å². The quantitative estimate of drug-likeness (QED) is 0.922. The molecule has 1 aromatic rings. The predicted molar refractivity (Wildman–Crippen MR) is 77.2 cm³/mol. The molecule has 5 nitrogen and oxygen atoms in total. The molecule has 1 aliphatic heterocycles. The third-order valence-electron chi connectivity index (χ3n) is 3.27. The van der Waals surface area contributed by atoms with Crippen molar-refractivity contribution in [1.82, 2.24) is 10.2 Å². The van der Waals surface area contributed by atoms with E-state index in [9.17, 15) is 18.0 Å². The molecule has 2 rings (SSSR count). The molecule has 0 bridgehead atoms. The number of carbonyl (C=O) groups is 1. The van der Waals surface area contributed by atoms with Crippen LogP contribution >= 0.6 is 0 Å². The van der Waals surface area contributed by atoms with E-state index in [0.29, 0.717) is 25.3 Å². The van der Waals surface area contributed by atoms with Gasteiger partial charge < -0.3 is 19.7 Å². The monoisotopic (exact) mass is 332 g/mol. The van der Waals surface area contributed by atoms with Crippen molar-refractivity contribution >= 4 is 6.03 Å². The van der Waals surface area contributed by atoms with Gasteiger partial charge in [0.15, 0.2) is 6.61 Å². The Balaban J connectivity index is 1.84. The van der Waals surface area contributed by atoms with Crippen LogP contribution in [0, 0.1) is 0 Å². The van der Waals surface area contributed by atoms with Crippen molar-refractivity contribution in [2.24, 2.45) is 0 Å². The number of rotatable bonds is 4. The van der Waals surface area contributed by atoms with Gasteiger partial charge in [0.1, 0.15) is 5.75 Å². The van der Waals surface area contributed by atoms with Gasteiger partial charge in [0.2, 0.25) is 0 Å². The van der Waals surface area contributed by atoms with E-state index in [4.69, 9.17) is 4.74 Å². The highest BCUT2D eigenvalue weighted by atomic mass is 19.4. The molecule has 0 aliphatic carbocycles. The van der Waals surface area contributed by atoms with Gasteiger partial charge in [0.25, 0.3) is 0 Å². The Hall–Kier alpha value is -1.96. The van der Waals surface area contributed by atoms with Crippen molar-refractivity contribution in [3.8, 4) is 5.75 Å². The maximum Gasteiger partial charge on any atom is 0.422 e. The number of nitrogens with zero attached hydrogens (tertiary/aromatic N) is 1. The van der Waals surface area contributed by atoms with Gasteiger partial charge in [-0.05, 0) is 24.6 Å². The number of hydrogen-bond donors (Lipinski definition) is 1. The van der Waals surface area contributed by atoms with E-state index < -0.39 is 12.8 Å². The van der Waals surface area contributed by atoms with E-state index in [1.807, 2.05) is 6.92 Å². The Labute approximate surface area is 132 Å². The summed E-state index contributed by atoms with van der Waals surface area (Å²) in [5, 5.41) is 2.74. The first-order valence-electron chi connectivity index (χ1n) is 7.26. The van der Waals surface area contributed by atoms with Crippen molar-refractivity contribution in [3.63, 3.8) is 0 Å². The molecule has 1 unspecified atom stereocenters. The van der Waals surface area contributed by atoms with Crippen LogP contribution in [0.3, 0.4) is 0 Å². The molecule has 0 aromatic heterocycles. The number of benzene rings is 1. The summed E-state index contributed by atoms with van der Waals surface area (Å²) in [5.41, 5.74) is 0.666. The highest BCUT2D eigenvalue weighted by Gasteiger charge is 2.28. The number of alkyl halides is 3. The summed E-state index contributed by atoms with van der Waals surface area (Å²) in [7, 11) is 0. The summed E-state index contributed by atoms with van der Waals surface area (Å²) in [6.07, 6.45) is -4.38. The Bertz CT molecular complexity index is 537. The molecule has 8 heteroatoms. The van der Waals surface area contributed by atoms with E-state index in [1.165, 1.54) is 12.1 Å². The molecule has 1 aliphatic rings. The van der Waals surface area contributed by atoms with Crippen LogP contribution in [0.15, 0.2) is 24.3 Å². The SMILES string of the molecule is CC1CN(C(=O)NCc2cccc(OCC(F)(F)F)c2)CCO1. The average molecular weight is 332 g/mol. The fourth-order valence-electron chi connectivity index (χ4n) is 2.20. The molecule has 0 saturated carbocycles. The van der Waals surface area contributed by atoms with E-state index in [-0.39, 0.29) is 24.4 Å². The lowest BCUT2D eigenvalue weighted by molar-refractivity contribution is -0.153. The van der Waals surface area contributed by atoms with Crippen molar-refractivity contribution in [2.45, 2.75) is 25.7 Å². The highest BCUT2D eigenvalue weighted by molar-refractivity contribution is 5.74. The van der Waals surface area contributed by atoms with Gasteiger partial charge >= 0.3 is 12.2 Å². The Morgan fingerprint density at radius 3 is 2.96 bits per heavy atom. The summed E-state index contributed by atoms with van der Waals surface area (Å²) < 4.78 is 46.5. The first kappa shape index (κ1) is 17.4. The number of hydrogen-bond acceptors (Lipinski definition) is 3. The molecular weight excluding hydrogens is 313 g/mol. The van der Waals surface area contributed by atoms with Crippen LogP contribution in [0.25, 0.3) is 0 Å². The maximum atomic E-state index is 12.1. The van der Waals surface area contributed by atoms with Gasteiger partial charge in [-0.3, -0.25) is 0 Å². The second-order valence-corrected chi connectivity index (χ2v) is 5.34. The van der Waals surface area contributed by atoms with Crippen LogP contribution < -0.4 is 10.1 Å². The summed E-state index contributed by atoms with van der Waals surface area (Å²) in [4.78, 5) is 13.7. The average Bonchev–Trinajstić information content (AvgIpc) is 2.50. The Morgan fingerprint density at radius 1 is 1.48 bits per heavy atom. The van der Waals surface area contributed by atoms with Gasteiger partial charge in [-0.1, -0.05) is 12.1 Å². The number of morpholine rings is 1. The molecule has 1 atom stereocenters. The maximum absolute atomic E-state index is 12.1. The number of nitrogens with one attached hydrogen (secondary N) is 1. The molecule has 0 radical (unpaired) electrons. The third-order valence-corrected chi connectivity index (χ3v) is 3.27. The molecule has 23 heavy (non-hydrogen) atoms. The minimum atomic E-state index is -4.38. The van der Waals surface area contributed by atoms with Gasteiger partial charge in [0.05, 0.1) is 12.7 Å². The van der Waals surface area contributed by atoms with Crippen LogP contribution in [0.4, 0.5) is 18.0 Å². The fraction of sp³-hybridized carbons (Fsp3) is 0.533. The van der Waals surface area contributed by atoms with E-state index in [1.54, 1.807) is 17.0 Å². The zero-order valence-electron chi connectivity index (χ0n) is 12.7. The fourth-order valence-corrected chi connectivity index (χ4v) is 2.20. The molecule has 128 valence electrons. The van der Waals surface area contributed by atoms with E-state index in [0.717, 1.165) is 0 Å². The molecule has 1 aromatic carbocycles. The summed E-state index contributed by atoms with van der Waals surface area (Å²) >= 11 is 0. The molecule has 1 fully saturated rings. The lowest BCUT2D eigenvalue weighted by Gasteiger charge is -2.31. The highest BCUT2D eigenvalue weighted by Crippen LogP contribution is 2.19. The lowest BCUT2D eigenvalue weighted by Crippen LogP contribution is -2.48. The summed E-state index contributed by atoms with van der Waals surface area (Å²) in [5.74, 6) is 0.120. The van der Waals surface area contributed by atoms with Crippen LogP contribution in [0.1, 0.15) is 12.5 Å². The first-order valence-corrected chi connectivity index (χ1v) is 7.26. The zero-order valence-corrected chi connectivity index (χ0v) is 12.7. The predicted octanol–water partition coefficient (Wildman–Crippen LogP) is 2.56. The first-order chi connectivity index (χ1) is 10.8. The Kier molecular flexibility index (Phi) is 5.70. The van der Waals surface area contributed by atoms with Gasteiger partial charge in [0, 0.05) is 19.6 Å². The third kappa shape index (κ3) is 5.97. The van der Waals surface area contributed by atoms with Crippen molar-refractivity contribution in [1.29, 1.82) is 0 Å². The van der Waals surface area contributed by atoms with Gasteiger partial charge in [-0.15, -0.1) is 0 Å². The van der Waals surface area contributed by atoms with Crippen LogP contribution in [-0.4, -0.2) is 49.5 Å². The standard InChI is InChI=1S/C15H19F3N2O3/c1-11-9-20(5-6-22-11)14(21)19-8-12-3-2-4-13(7-12)23-10-15(16,17)18/h2-4,7,11H,5-6,8-10H2,1H3,(H,19,21). The molecule has 1 saturated heterocycles. The van der Waals surface area contributed by atoms with Crippen LogP contribution in [0.5, 0.6) is 5.75 Å². The Morgan fingerprint density at radius 2 is 2.26 bits per heavy atom. The minimum absolute atomic E-state index is 0.00593. The van der Waals surface area contributed by atoms with Gasteiger partial charge in [-0.2, -0.15) is 13.2 Å². The van der Waals surface area contributed by atoms with E-state index >= 15 is 0 Å². The summed E-state index contributed by atoms with van der Waals surface area (Å²) in [6.45, 7) is 2.30. The topological polar surface area (TPSA) is 50.8 Å². The largest absolute Gasteiger partial charge is 0.484 e. The number of amides is 2. The minimum Gasteiger partial charge on any atom is -0.484 e. The molecule has 0 spiro atoms. The van der Waals surface area contributed by atoms with Crippen molar-refractivity contribution in [2.75, 3.05) is 26.3 Å². The normalized spacial score (nSPS) is 18.6. The molecule has 2 amide bonds. The van der Waals surface area contributed by atoms with Crippen molar-refractivity contribution < 1.29 is 27.4 Å². The number of halogens is 3. The zero-order chi connectivity index (χ0) is 16.9. The smallest absolute Gasteiger partial charge is 0.422 e. The lowest BCUT2D eigenvalue weighted by atomic mass is 10.2. The molecule has 1 heterocycles. The number of carbonyl (C=O) groups excluding carboxylic acids is 1. The number of urea groups is 1. The second-order valence-electron chi connectivity index (χ2n) is 5.34. The van der Waals surface area contributed by atoms with Crippen molar-refractivity contribution in [3.05, 3.63) is 29.8 Å². The molecule has 1 N–H and O–H groups in total. The second kappa shape index (κ2) is 7.54. The van der Waals surface area contributed by atoms with E-state index in [2.05, 4.69) is 10.1 Å². The van der Waals surface area contributed by atoms with Crippen LogP contribution in [-0.2, 0) is 11.3 Å². The molecular formula is C15H19F3N2O3. The summed E-state index contributed by atoms with van der Waals surface area (Å²) in [6, 6.07) is 6.00. The number of ether oxygens (including phenoxy) is 2. The van der Waals surface area contributed by atoms with Gasteiger partial charge in [-0.25, -0.2) is 4.79 Å².